The third-order valence-electron chi connectivity index (χ3n) is 5.19. The van der Waals surface area contributed by atoms with Gasteiger partial charge in [0, 0.05) is 18.7 Å². The maximum atomic E-state index is 9.70. The molecule has 1 aromatic heterocycles. The van der Waals surface area contributed by atoms with E-state index in [0.29, 0.717) is 25.3 Å². The van der Waals surface area contributed by atoms with E-state index in [4.69, 9.17) is 4.74 Å². The van der Waals surface area contributed by atoms with Crippen molar-refractivity contribution in [2.45, 2.75) is 24.7 Å². The Balaban J connectivity index is 1.96. The first-order valence-corrected chi connectivity index (χ1v) is 8.90. The lowest BCUT2D eigenvalue weighted by Crippen LogP contribution is -2.38. The summed E-state index contributed by atoms with van der Waals surface area (Å²) >= 11 is 0. The van der Waals surface area contributed by atoms with Gasteiger partial charge in [0.25, 0.3) is 0 Å². The van der Waals surface area contributed by atoms with Crippen LogP contribution in [0.2, 0.25) is 0 Å². The summed E-state index contributed by atoms with van der Waals surface area (Å²) in [6.07, 6.45) is 2.10. The van der Waals surface area contributed by atoms with Crippen molar-refractivity contribution in [3.05, 3.63) is 41.6 Å². The molecule has 6 heteroatoms. The molecule has 0 amide bonds. The van der Waals surface area contributed by atoms with E-state index in [0.717, 1.165) is 48.4 Å². The van der Waals surface area contributed by atoms with Crippen LogP contribution in [0.15, 0.2) is 30.3 Å². The average Bonchev–Trinajstić information content (AvgIpc) is 2.73. The largest absolute Gasteiger partial charge is 0.378 e. The second-order valence-electron chi connectivity index (χ2n) is 6.67. The van der Waals surface area contributed by atoms with Crippen LogP contribution in [0.1, 0.15) is 24.1 Å². The summed E-state index contributed by atoms with van der Waals surface area (Å²) in [4.78, 5) is 2.19. The minimum atomic E-state index is -1.20. The van der Waals surface area contributed by atoms with Crippen molar-refractivity contribution in [3.8, 4) is 23.3 Å². The molecule has 0 spiro atoms. The molecule has 6 nitrogen and oxygen atoms in total. The quantitative estimate of drug-likeness (QED) is 0.831. The first kappa shape index (κ1) is 16.5. The van der Waals surface area contributed by atoms with E-state index in [9.17, 15) is 10.5 Å². The van der Waals surface area contributed by atoms with Crippen LogP contribution in [0.25, 0.3) is 11.1 Å². The Morgan fingerprint density at radius 2 is 1.77 bits per heavy atom. The minimum absolute atomic E-state index is 0.507. The summed E-state index contributed by atoms with van der Waals surface area (Å²) in [5.41, 5.74) is 2.37. The van der Waals surface area contributed by atoms with Crippen molar-refractivity contribution in [2.75, 3.05) is 31.2 Å². The Hall–Kier alpha value is -2.96. The van der Waals surface area contributed by atoms with Gasteiger partial charge in [-0.15, -0.1) is 5.10 Å². The molecule has 2 heterocycles. The zero-order valence-electron chi connectivity index (χ0n) is 14.5. The van der Waals surface area contributed by atoms with Gasteiger partial charge in [-0.25, -0.2) is 0 Å². The number of hydrogen-bond donors (Lipinski definition) is 0. The molecule has 1 aliphatic carbocycles. The van der Waals surface area contributed by atoms with Gasteiger partial charge in [-0.05, 0) is 30.4 Å². The van der Waals surface area contributed by atoms with Crippen LogP contribution < -0.4 is 4.90 Å². The predicted molar refractivity (Wildman–Crippen MR) is 96.3 cm³/mol. The van der Waals surface area contributed by atoms with Gasteiger partial charge in [0.05, 0.1) is 25.4 Å². The topological polar surface area (TPSA) is 85.8 Å². The third kappa shape index (κ3) is 2.60. The first-order chi connectivity index (χ1) is 12.8. The van der Waals surface area contributed by atoms with Crippen LogP contribution >= 0.6 is 0 Å². The van der Waals surface area contributed by atoms with Crippen molar-refractivity contribution in [1.29, 1.82) is 10.5 Å². The van der Waals surface area contributed by atoms with E-state index in [1.807, 2.05) is 18.2 Å². The fourth-order valence-electron chi connectivity index (χ4n) is 3.84. The molecule has 1 saturated heterocycles. The van der Waals surface area contributed by atoms with Crippen LogP contribution in [-0.4, -0.2) is 36.5 Å². The van der Waals surface area contributed by atoms with Gasteiger partial charge in [-0.2, -0.15) is 15.6 Å². The van der Waals surface area contributed by atoms with Gasteiger partial charge in [0.2, 0.25) is 0 Å². The SMILES string of the molecule is N#CC1(C#N)CCCc2c1nnc(N1CCOCC1)c2-c1ccccc1. The lowest BCUT2D eigenvalue weighted by molar-refractivity contribution is 0.122. The molecule has 130 valence electrons. The molecule has 0 bridgehead atoms. The van der Waals surface area contributed by atoms with Gasteiger partial charge in [-0.3, -0.25) is 0 Å². The number of benzene rings is 1. The molecule has 1 fully saturated rings. The van der Waals surface area contributed by atoms with Crippen molar-refractivity contribution >= 4 is 5.82 Å². The molecule has 1 aliphatic heterocycles. The third-order valence-corrected chi connectivity index (χ3v) is 5.19. The number of rotatable bonds is 2. The van der Waals surface area contributed by atoms with E-state index in [-0.39, 0.29) is 0 Å². The Labute approximate surface area is 152 Å². The van der Waals surface area contributed by atoms with E-state index in [2.05, 4.69) is 39.4 Å². The number of anilines is 1. The molecular weight excluding hydrogens is 326 g/mol. The van der Waals surface area contributed by atoms with Gasteiger partial charge in [-0.1, -0.05) is 30.3 Å². The van der Waals surface area contributed by atoms with Crippen LogP contribution in [0.5, 0.6) is 0 Å². The molecule has 0 N–H and O–H groups in total. The highest BCUT2D eigenvalue weighted by Crippen LogP contribution is 2.42. The molecule has 4 rings (SSSR count). The zero-order valence-corrected chi connectivity index (χ0v) is 14.5. The van der Waals surface area contributed by atoms with Crippen molar-refractivity contribution in [3.63, 3.8) is 0 Å². The standard InChI is InChI=1S/C20H19N5O/c21-13-20(14-22)8-4-7-16-17(15-5-2-1-3-6-15)19(24-23-18(16)20)25-9-11-26-12-10-25/h1-3,5-6H,4,7-12H2. The summed E-state index contributed by atoms with van der Waals surface area (Å²) in [5.74, 6) is 0.824. The number of ether oxygens (including phenoxy) is 1. The number of fused-ring (bicyclic) bond motifs is 1. The fraction of sp³-hybridized carbons (Fsp3) is 0.400. The molecule has 0 atom stereocenters. The highest BCUT2D eigenvalue weighted by atomic mass is 16.5. The summed E-state index contributed by atoms with van der Waals surface area (Å²) in [7, 11) is 0. The van der Waals surface area contributed by atoms with Gasteiger partial charge < -0.3 is 9.64 Å². The molecular formula is C20H19N5O. The lowest BCUT2D eigenvalue weighted by Gasteiger charge is -2.33. The van der Waals surface area contributed by atoms with E-state index in [1.54, 1.807) is 0 Å². The number of morpholine rings is 1. The van der Waals surface area contributed by atoms with E-state index in [1.165, 1.54) is 0 Å². The first-order valence-electron chi connectivity index (χ1n) is 8.90. The summed E-state index contributed by atoms with van der Waals surface area (Å²) < 4.78 is 5.47. The Morgan fingerprint density at radius 1 is 1.04 bits per heavy atom. The van der Waals surface area contributed by atoms with Gasteiger partial charge >= 0.3 is 0 Å². The van der Waals surface area contributed by atoms with Crippen LogP contribution in [0.4, 0.5) is 5.82 Å². The van der Waals surface area contributed by atoms with Crippen LogP contribution in [0, 0.1) is 22.7 Å². The summed E-state index contributed by atoms with van der Waals surface area (Å²) in [6.45, 7) is 2.84. The minimum Gasteiger partial charge on any atom is -0.378 e. The Kier molecular flexibility index (Phi) is 4.28. The zero-order chi connectivity index (χ0) is 18.0. The maximum absolute atomic E-state index is 9.70. The highest BCUT2D eigenvalue weighted by molar-refractivity contribution is 5.80. The maximum Gasteiger partial charge on any atom is 0.187 e. The van der Waals surface area contributed by atoms with E-state index >= 15 is 0 Å². The van der Waals surface area contributed by atoms with E-state index < -0.39 is 5.41 Å². The van der Waals surface area contributed by atoms with Gasteiger partial charge in [0.1, 0.15) is 5.69 Å². The molecule has 2 aliphatic rings. The van der Waals surface area contributed by atoms with Gasteiger partial charge in [0.15, 0.2) is 11.2 Å². The molecule has 2 aromatic rings. The summed E-state index contributed by atoms with van der Waals surface area (Å²) in [5, 5.41) is 28.3. The second-order valence-corrected chi connectivity index (χ2v) is 6.67. The lowest BCUT2D eigenvalue weighted by atomic mass is 9.73. The number of aromatic nitrogens is 2. The van der Waals surface area contributed by atoms with Crippen molar-refractivity contribution < 1.29 is 4.74 Å². The monoisotopic (exact) mass is 345 g/mol. The normalized spacial score (nSPS) is 18.5. The van der Waals surface area contributed by atoms with Crippen LogP contribution in [-0.2, 0) is 16.6 Å². The molecule has 0 unspecified atom stereocenters. The average molecular weight is 345 g/mol. The molecule has 0 saturated carbocycles. The predicted octanol–water partition coefficient (Wildman–Crippen LogP) is 2.60. The highest BCUT2D eigenvalue weighted by Gasteiger charge is 2.41. The molecule has 0 radical (unpaired) electrons. The number of nitriles is 2. The molecule has 1 aromatic carbocycles. The Morgan fingerprint density at radius 3 is 2.46 bits per heavy atom. The number of hydrogen-bond acceptors (Lipinski definition) is 6. The molecule has 26 heavy (non-hydrogen) atoms. The number of nitrogens with zero attached hydrogens (tertiary/aromatic N) is 5. The van der Waals surface area contributed by atoms with Crippen LogP contribution in [0.3, 0.4) is 0 Å². The smallest absolute Gasteiger partial charge is 0.187 e. The fourth-order valence-corrected chi connectivity index (χ4v) is 3.84. The second kappa shape index (κ2) is 6.74. The van der Waals surface area contributed by atoms with Crippen molar-refractivity contribution in [1.82, 2.24) is 10.2 Å². The Bertz CT molecular complexity index is 877. The summed E-state index contributed by atoms with van der Waals surface area (Å²) in [6, 6.07) is 14.5. The van der Waals surface area contributed by atoms with Crippen molar-refractivity contribution in [2.24, 2.45) is 0 Å².